The smallest absolute Gasteiger partial charge is 0.328 e. The van der Waals surface area contributed by atoms with E-state index >= 15 is 0 Å². The minimum atomic E-state index is -0.932. The molecular weight excluding hydrogens is 460 g/mol. The monoisotopic (exact) mass is 496 g/mol. The van der Waals surface area contributed by atoms with Crippen LogP contribution in [0, 0.1) is 5.92 Å². The highest BCUT2D eigenvalue weighted by atomic mass is 16.5. The molecule has 1 saturated carbocycles. The second-order valence-corrected chi connectivity index (χ2v) is 9.64. The number of hydrogen-bond donors (Lipinski definition) is 2. The lowest BCUT2D eigenvalue weighted by molar-refractivity contribution is -0.144. The zero-order valence-corrected chi connectivity index (χ0v) is 21.3. The van der Waals surface area contributed by atoms with E-state index in [0.29, 0.717) is 5.69 Å². The van der Waals surface area contributed by atoms with Crippen LogP contribution < -0.4 is 16.1 Å². The van der Waals surface area contributed by atoms with Crippen LogP contribution in [0.5, 0.6) is 0 Å². The van der Waals surface area contributed by atoms with Crippen molar-refractivity contribution >= 4 is 17.8 Å². The van der Waals surface area contributed by atoms with E-state index in [1.54, 1.807) is 30.7 Å². The van der Waals surface area contributed by atoms with E-state index in [1.807, 2.05) is 12.1 Å². The van der Waals surface area contributed by atoms with Gasteiger partial charge in [0.15, 0.2) is 0 Å². The standard InChI is InChI=1S/C27H36N4O5/c1-18(2)23(27(35)36-3)30-26(34)22-17-31(15-20-13-9-10-14-28-20)16-21(24(22)32)25(33)29-19-11-7-5-4-6-8-12-19/h9-10,13-14,16-19,23H,4-8,11-12,15H2,1-3H3,(H,29,33)(H,30,34)/t23-/m0/s1. The summed E-state index contributed by atoms with van der Waals surface area (Å²) in [5.41, 5.74) is -0.306. The van der Waals surface area contributed by atoms with Crippen LogP contribution in [0.1, 0.15) is 85.2 Å². The maximum absolute atomic E-state index is 13.3. The summed E-state index contributed by atoms with van der Waals surface area (Å²) >= 11 is 0. The molecule has 2 amide bonds. The summed E-state index contributed by atoms with van der Waals surface area (Å²) in [6, 6.07) is 4.50. The summed E-state index contributed by atoms with van der Waals surface area (Å²) in [6.45, 7) is 3.79. The third-order valence-corrected chi connectivity index (χ3v) is 6.49. The highest BCUT2D eigenvalue weighted by molar-refractivity contribution is 6.00. The van der Waals surface area contributed by atoms with E-state index in [0.717, 1.165) is 38.5 Å². The number of aromatic nitrogens is 2. The Morgan fingerprint density at radius 2 is 1.67 bits per heavy atom. The molecule has 9 heteroatoms. The number of amides is 2. The molecule has 0 radical (unpaired) electrons. The van der Waals surface area contributed by atoms with Gasteiger partial charge >= 0.3 is 5.97 Å². The Bertz CT molecular complexity index is 1100. The lowest BCUT2D eigenvalue weighted by Crippen LogP contribution is -2.47. The molecule has 1 aliphatic rings. The van der Waals surface area contributed by atoms with Gasteiger partial charge in [0, 0.05) is 24.6 Å². The van der Waals surface area contributed by atoms with Crippen LogP contribution in [-0.4, -0.2) is 46.5 Å². The Balaban J connectivity index is 1.94. The van der Waals surface area contributed by atoms with Gasteiger partial charge in [0.05, 0.1) is 19.3 Å². The maximum Gasteiger partial charge on any atom is 0.328 e. The summed E-state index contributed by atoms with van der Waals surface area (Å²) in [4.78, 5) is 56.2. The minimum absolute atomic E-state index is 0.0106. The zero-order valence-electron chi connectivity index (χ0n) is 21.3. The molecule has 0 unspecified atom stereocenters. The number of carbonyl (C=O) groups is 3. The second kappa shape index (κ2) is 13.0. The Morgan fingerprint density at radius 3 is 2.25 bits per heavy atom. The molecule has 1 fully saturated rings. The van der Waals surface area contributed by atoms with Gasteiger partial charge in [-0.05, 0) is 30.9 Å². The molecule has 0 aromatic carbocycles. The first kappa shape index (κ1) is 27.1. The van der Waals surface area contributed by atoms with E-state index in [-0.39, 0.29) is 29.6 Å². The summed E-state index contributed by atoms with van der Waals surface area (Å²) in [6.07, 6.45) is 11.8. The van der Waals surface area contributed by atoms with Gasteiger partial charge < -0.3 is 19.9 Å². The predicted molar refractivity (Wildman–Crippen MR) is 136 cm³/mol. The number of nitrogens with zero attached hydrogens (tertiary/aromatic N) is 2. The van der Waals surface area contributed by atoms with Gasteiger partial charge in [-0.1, -0.05) is 52.0 Å². The van der Waals surface area contributed by atoms with Crippen molar-refractivity contribution < 1.29 is 19.1 Å². The maximum atomic E-state index is 13.3. The Morgan fingerprint density at radius 1 is 1.03 bits per heavy atom. The molecule has 9 nitrogen and oxygen atoms in total. The third-order valence-electron chi connectivity index (χ3n) is 6.49. The molecular formula is C27H36N4O5. The molecule has 2 heterocycles. The normalized spacial score (nSPS) is 15.4. The molecule has 0 aliphatic heterocycles. The number of pyridine rings is 2. The van der Waals surface area contributed by atoms with Crippen molar-refractivity contribution in [2.45, 2.75) is 77.4 Å². The number of hydrogen-bond acceptors (Lipinski definition) is 6. The number of rotatable bonds is 8. The minimum Gasteiger partial charge on any atom is -0.467 e. The molecule has 1 aliphatic carbocycles. The zero-order chi connectivity index (χ0) is 26.1. The van der Waals surface area contributed by atoms with E-state index < -0.39 is 29.3 Å². The van der Waals surface area contributed by atoms with Gasteiger partial charge in [-0.3, -0.25) is 19.4 Å². The van der Waals surface area contributed by atoms with E-state index in [9.17, 15) is 19.2 Å². The van der Waals surface area contributed by atoms with Crippen molar-refractivity contribution in [3.63, 3.8) is 0 Å². The molecule has 0 spiro atoms. The topological polar surface area (TPSA) is 119 Å². The highest BCUT2D eigenvalue weighted by Gasteiger charge is 2.28. The SMILES string of the molecule is COC(=O)[C@@H](NC(=O)c1cn(Cc2ccccn2)cc(C(=O)NC2CCCCCCC2)c1=O)C(C)C. The molecule has 2 aromatic rings. The molecule has 2 N–H and O–H groups in total. The van der Waals surface area contributed by atoms with Gasteiger partial charge in [0.1, 0.15) is 17.2 Å². The predicted octanol–water partition coefficient (Wildman–Crippen LogP) is 3.06. The second-order valence-electron chi connectivity index (χ2n) is 9.64. The van der Waals surface area contributed by atoms with Crippen LogP contribution >= 0.6 is 0 Å². The van der Waals surface area contributed by atoms with Crippen molar-refractivity contribution in [1.29, 1.82) is 0 Å². The van der Waals surface area contributed by atoms with Gasteiger partial charge in [-0.25, -0.2) is 4.79 Å². The quantitative estimate of drug-likeness (QED) is 0.542. The first-order valence-corrected chi connectivity index (χ1v) is 12.6. The fourth-order valence-corrected chi connectivity index (χ4v) is 4.43. The molecule has 2 aromatic heterocycles. The lowest BCUT2D eigenvalue weighted by atomic mass is 9.96. The molecule has 1 atom stereocenters. The van der Waals surface area contributed by atoms with E-state index in [4.69, 9.17) is 4.74 Å². The number of ether oxygens (including phenoxy) is 1. The molecule has 36 heavy (non-hydrogen) atoms. The fourth-order valence-electron chi connectivity index (χ4n) is 4.43. The van der Waals surface area contributed by atoms with Crippen molar-refractivity contribution in [3.8, 4) is 0 Å². The molecule has 0 bridgehead atoms. The number of nitrogens with one attached hydrogen (secondary N) is 2. The summed E-state index contributed by atoms with van der Waals surface area (Å²) < 4.78 is 6.40. The summed E-state index contributed by atoms with van der Waals surface area (Å²) in [5, 5.41) is 5.62. The summed E-state index contributed by atoms with van der Waals surface area (Å²) in [5.74, 6) is -2.10. The Kier molecular flexibility index (Phi) is 9.78. The Hall–Kier alpha value is -3.49. The van der Waals surface area contributed by atoms with Gasteiger partial charge in [0.2, 0.25) is 5.43 Å². The number of esters is 1. The van der Waals surface area contributed by atoms with Crippen LogP contribution in [0.4, 0.5) is 0 Å². The van der Waals surface area contributed by atoms with Crippen LogP contribution in [-0.2, 0) is 16.1 Å². The number of carbonyl (C=O) groups excluding carboxylic acids is 3. The van der Waals surface area contributed by atoms with Crippen LogP contribution in [0.15, 0.2) is 41.6 Å². The molecule has 194 valence electrons. The van der Waals surface area contributed by atoms with E-state index in [1.165, 1.54) is 25.9 Å². The van der Waals surface area contributed by atoms with Gasteiger partial charge in [0.25, 0.3) is 11.8 Å². The van der Waals surface area contributed by atoms with Crippen LogP contribution in [0.3, 0.4) is 0 Å². The van der Waals surface area contributed by atoms with E-state index in [2.05, 4.69) is 15.6 Å². The largest absolute Gasteiger partial charge is 0.467 e. The average molecular weight is 497 g/mol. The lowest BCUT2D eigenvalue weighted by Gasteiger charge is -2.22. The highest BCUT2D eigenvalue weighted by Crippen LogP contribution is 2.17. The van der Waals surface area contributed by atoms with Crippen LogP contribution in [0.2, 0.25) is 0 Å². The van der Waals surface area contributed by atoms with Crippen molar-refractivity contribution in [1.82, 2.24) is 20.2 Å². The first-order valence-electron chi connectivity index (χ1n) is 12.6. The van der Waals surface area contributed by atoms with Gasteiger partial charge in [-0.2, -0.15) is 0 Å². The fraction of sp³-hybridized carbons (Fsp3) is 0.519. The molecule has 3 rings (SSSR count). The third kappa shape index (κ3) is 7.26. The summed E-state index contributed by atoms with van der Waals surface area (Å²) in [7, 11) is 1.24. The van der Waals surface area contributed by atoms with Gasteiger partial charge in [-0.15, -0.1) is 0 Å². The van der Waals surface area contributed by atoms with Crippen molar-refractivity contribution in [2.75, 3.05) is 7.11 Å². The average Bonchev–Trinajstić information content (AvgIpc) is 2.84. The number of methoxy groups -OCH3 is 1. The Labute approximate surface area is 211 Å². The van der Waals surface area contributed by atoms with Crippen LogP contribution in [0.25, 0.3) is 0 Å². The van der Waals surface area contributed by atoms with Crippen molar-refractivity contribution in [2.24, 2.45) is 5.92 Å². The molecule has 0 saturated heterocycles. The first-order chi connectivity index (χ1) is 17.3. The van der Waals surface area contributed by atoms with Crippen molar-refractivity contribution in [3.05, 3.63) is 63.8 Å².